The van der Waals surface area contributed by atoms with E-state index in [1.54, 1.807) is 0 Å². The molecule has 0 aliphatic heterocycles. The van der Waals surface area contributed by atoms with E-state index in [1.165, 1.54) is 0 Å². The molecule has 5 nitrogen and oxygen atoms in total. The van der Waals surface area contributed by atoms with Crippen molar-refractivity contribution in [2.24, 2.45) is 10.9 Å². The van der Waals surface area contributed by atoms with Gasteiger partial charge in [-0.15, -0.1) is 0 Å². The van der Waals surface area contributed by atoms with E-state index in [1.807, 2.05) is 17.8 Å². The number of oxime groups is 1. The van der Waals surface area contributed by atoms with Crippen molar-refractivity contribution in [3.8, 4) is 0 Å². The molecular weight excluding hydrogens is 180 g/mol. The van der Waals surface area contributed by atoms with Crippen molar-refractivity contribution in [2.75, 3.05) is 0 Å². The minimum atomic E-state index is 0.212. The van der Waals surface area contributed by atoms with E-state index in [4.69, 9.17) is 10.9 Å². The van der Waals surface area contributed by atoms with Crippen LogP contribution in [0.2, 0.25) is 0 Å². The van der Waals surface area contributed by atoms with Gasteiger partial charge < -0.3 is 10.9 Å². The van der Waals surface area contributed by atoms with Crippen molar-refractivity contribution in [1.82, 2.24) is 9.78 Å². The summed E-state index contributed by atoms with van der Waals surface area (Å²) in [5, 5.41) is 15.7. The Labute approximate surface area is 83.2 Å². The predicted octanol–water partition coefficient (Wildman–Crippen LogP) is 0.890. The summed E-state index contributed by atoms with van der Waals surface area (Å²) in [6.07, 6.45) is 3.44. The van der Waals surface area contributed by atoms with Crippen LogP contribution in [0.1, 0.15) is 24.6 Å². The van der Waals surface area contributed by atoms with Gasteiger partial charge in [0.2, 0.25) is 0 Å². The molecule has 0 aliphatic rings. The fourth-order valence-corrected chi connectivity index (χ4v) is 1.31. The molecule has 0 aromatic carbocycles. The van der Waals surface area contributed by atoms with Gasteiger partial charge in [0.05, 0.1) is 5.69 Å². The summed E-state index contributed by atoms with van der Waals surface area (Å²) in [6.45, 7) is 4.92. The molecule has 0 saturated heterocycles. The topological polar surface area (TPSA) is 76.4 Å². The highest BCUT2D eigenvalue weighted by molar-refractivity contribution is 5.82. The van der Waals surface area contributed by atoms with E-state index < -0.39 is 0 Å². The van der Waals surface area contributed by atoms with Crippen LogP contribution in [0.5, 0.6) is 0 Å². The Hall–Kier alpha value is -1.52. The maximum absolute atomic E-state index is 8.43. The Kier molecular flexibility index (Phi) is 3.50. The largest absolute Gasteiger partial charge is 0.409 e. The van der Waals surface area contributed by atoms with Gasteiger partial charge in [-0.05, 0) is 13.3 Å². The molecule has 1 aromatic heterocycles. The van der Waals surface area contributed by atoms with Crippen molar-refractivity contribution in [1.29, 1.82) is 0 Å². The highest BCUT2D eigenvalue weighted by Crippen LogP contribution is 2.06. The molecule has 0 amide bonds. The maximum Gasteiger partial charge on any atom is 0.143 e. The average Bonchev–Trinajstić information content (AvgIpc) is 2.47. The van der Waals surface area contributed by atoms with Crippen molar-refractivity contribution in [3.63, 3.8) is 0 Å². The highest BCUT2D eigenvalue weighted by Gasteiger charge is 2.06. The van der Waals surface area contributed by atoms with Gasteiger partial charge in [0, 0.05) is 24.7 Å². The zero-order valence-corrected chi connectivity index (χ0v) is 8.56. The molecule has 0 spiro atoms. The first-order chi connectivity index (χ1) is 6.67. The Morgan fingerprint density at radius 3 is 3.00 bits per heavy atom. The number of aryl methyl sites for hydroxylation is 2. The summed E-state index contributed by atoms with van der Waals surface area (Å²) in [6, 6.07) is 0. The first-order valence-electron chi connectivity index (χ1n) is 4.66. The molecule has 78 valence electrons. The van der Waals surface area contributed by atoms with Gasteiger partial charge >= 0.3 is 0 Å². The average molecular weight is 196 g/mol. The molecule has 0 unspecified atom stereocenters. The standard InChI is InChI=1S/C9H16N4O/c1-3-4-13-6-8(7(2)11-13)5-9(10)12-14/h6,14H,3-5H2,1-2H3,(H2,10,12). The van der Waals surface area contributed by atoms with Crippen LogP contribution in [0.15, 0.2) is 11.4 Å². The lowest BCUT2D eigenvalue weighted by molar-refractivity contribution is 0.317. The maximum atomic E-state index is 8.43. The van der Waals surface area contributed by atoms with Crippen LogP contribution in [0.4, 0.5) is 0 Å². The Balaban J connectivity index is 2.77. The molecule has 5 heteroatoms. The van der Waals surface area contributed by atoms with Crippen LogP contribution in [0.3, 0.4) is 0 Å². The van der Waals surface area contributed by atoms with Crippen molar-refractivity contribution < 1.29 is 5.21 Å². The molecule has 0 bridgehead atoms. The molecular formula is C9H16N4O. The van der Waals surface area contributed by atoms with E-state index in [-0.39, 0.29) is 5.84 Å². The minimum absolute atomic E-state index is 0.212. The lowest BCUT2D eigenvalue weighted by atomic mass is 10.2. The molecule has 14 heavy (non-hydrogen) atoms. The SMILES string of the molecule is CCCn1cc(C/C(N)=N/O)c(C)n1. The number of hydrogen-bond donors (Lipinski definition) is 2. The molecule has 0 aliphatic carbocycles. The monoisotopic (exact) mass is 196 g/mol. The van der Waals surface area contributed by atoms with Crippen LogP contribution < -0.4 is 5.73 Å². The molecule has 1 rings (SSSR count). The highest BCUT2D eigenvalue weighted by atomic mass is 16.4. The number of hydrogen-bond acceptors (Lipinski definition) is 3. The Morgan fingerprint density at radius 2 is 2.43 bits per heavy atom. The van der Waals surface area contributed by atoms with Crippen LogP contribution in [0, 0.1) is 6.92 Å². The molecule has 0 atom stereocenters. The van der Waals surface area contributed by atoms with Gasteiger partial charge in [0.15, 0.2) is 0 Å². The van der Waals surface area contributed by atoms with Crippen molar-refractivity contribution >= 4 is 5.84 Å². The minimum Gasteiger partial charge on any atom is -0.409 e. The summed E-state index contributed by atoms with van der Waals surface area (Å²) >= 11 is 0. The van der Waals surface area contributed by atoms with E-state index >= 15 is 0 Å². The zero-order valence-electron chi connectivity index (χ0n) is 8.56. The summed E-state index contributed by atoms with van der Waals surface area (Å²) in [4.78, 5) is 0. The fourth-order valence-electron chi connectivity index (χ4n) is 1.31. The van der Waals surface area contributed by atoms with Gasteiger partial charge in [-0.1, -0.05) is 12.1 Å². The molecule has 1 aromatic rings. The fraction of sp³-hybridized carbons (Fsp3) is 0.556. The Morgan fingerprint density at radius 1 is 1.71 bits per heavy atom. The van der Waals surface area contributed by atoms with Crippen LogP contribution in [-0.2, 0) is 13.0 Å². The van der Waals surface area contributed by atoms with Gasteiger partial charge in [-0.3, -0.25) is 4.68 Å². The number of nitrogens with zero attached hydrogens (tertiary/aromatic N) is 3. The lowest BCUT2D eigenvalue weighted by Gasteiger charge is -1.95. The quantitative estimate of drug-likeness (QED) is 0.325. The summed E-state index contributed by atoms with van der Waals surface area (Å²) in [5.41, 5.74) is 7.36. The van der Waals surface area contributed by atoms with E-state index in [0.717, 1.165) is 24.2 Å². The van der Waals surface area contributed by atoms with Gasteiger partial charge in [-0.25, -0.2) is 0 Å². The summed E-state index contributed by atoms with van der Waals surface area (Å²) in [7, 11) is 0. The summed E-state index contributed by atoms with van der Waals surface area (Å²) in [5.74, 6) is 0.212. The number of nitrogens with two attached hydrogens (primary N) is 1. The van der Waals surface area contributed by atoms with Crippen LogP contribution >= 0.6 is 0 Å². The smallest absolute Gasteiger partial charge is 0.143 e. The van der Waals surface area contributed by atoms with Crippen molar-refractivity contribution in [3.05, 3.63) is 17.5 Å². The third kappa shape index (κ3) is 2.48. The molecule has 0 saturated carbocycles. The summed E-state index contributed by atoms with van der Waals surface area (Å²) < 4.78 is 1.88. The van der Waals surface area contributed by atoms with Gasteiger partial charge in [-0.2, -0.15) is 5.10 Å². The van der Waals surface area contributed by atoms with E-state index in [0.29, 0.717) is 6.42 Å². The van der Waals surface area contributed by atoms with Crippen molar-refractivity contribution in [2.45, 2.75) is 33.2 Å². The molecule has 0 radical (unpaired) electrons. The van der Waals surface area contributed by atoms with Gasteiger partial charge in [0.1, 0.15) is 5.84 Å². The molecule has 3 N–H and O–H groups in total. The van der Waals surface area contributed by atoms with E-state index in [2.05, 4.69) is 17.2 Å². The Bertz CT molecular complexity index is 330. The first-order valence-corrected chi connectivity index (χ1v) is 4.66. The lowest BCUT2D eigenvalue weighted by Crippen LogP contribution is -2.14. The normalized spacial score (nSPS) is 12.0. The van der Waals surface area contributed by atoms with Gasteiger partial charge in [0.25, 0.3) is 0 Å². The second kappa shape index (κ2) is 4.64. The second-order valence-electron chi connectivity index (χ2n) is 3.27. The molecule has 0 fully saturated rings. The zero-order chi connectivity index (χ0) is 10.6. The third-order valence-electron chi connectivity index (χ3n) is 2.00. The van der Waals surface area contributed by atoms with E-state index in [9.17, 15) is 0 Å². The van der Waals surface area contributed by atoms with Crippen LogP contribution in [-0.4, -0.2) is 20.8 Å². The first kappa shape index (κ1) is 10.6. The second-order valence-corrected chi connectivity index (χ2v) is 3.27. The number of amidine groups is 1. The molecule has 1 heterocycles. The number of aromatic nitrogens is 2. The predicted molar refractivity (Wildman–Crippen MR) is 54.4 cm³/mol. The number of rotatable bonds is 4. The van der Waals surface area contributed by atoms with Crippen LogP contribution in [0.25, 0.3) is 0 Å². The third-order valence-corrected chi connectivity index (χ3v) is 2.00.